The first-order valence-corrected chi connectivity index (χ1v) is 6.59. The van der Waals surface area contributed by atoms with Gasteiger partial charge in [-0.3, -0.25) is 4.79 Å². The molecular weight excluding hydrogens is 415 g/mol. The summed E-state index contributed by atoms with van der Waals surface area (Å²) >= 11 is 6.09. The number of ether oxygens (including phenoxy) is 1. The van der Waals surface area contributed by atoms with Gasteiger partial charge >= 0.3 is 18.1 Å². The van der Waals surface area contributed by atoms with Gasteiger partial charge in [-0.1, -0.05) is 0 Å². The number of nitrogens with zero attached hydrogens (tertiary/aromatic N) is 1. The predicted octanol–water partition coefficient (Wildman–Crippen LogP) is 1.70. The van der Waals surface area contributed by atoms with Gasteiger partial charge in [0.1, 0.15) is 10.6 Å². The molecule has 1 aromatic heterocycles. The Balaban J connectivity index is 2.88. The van der Waals surface area contributed by atoms with Crippen LogP contribution in [0.5, 0.6) is 0 Å². The zero-order valence-corrected chi connectivity index (χ0v) is 13.0. The van der Waals surface area contributed by atoms with Crippen LogP contribution in [0.1, 0.15) is 5.69 Å². The van der Waals surface area contributed by atoms with Crippen molar-refractivity contribution in [2.75, 3.05) is 7.11 Å². The van der Waals surface area contributed by atoms with E-state index in [0.29, 0.717) is 15.0 Å². The molecule has 1 atom stereocenters. The summed E-state index contributed by atoms with van der Waals surface area (Å²) in [6.07, 6.45) is -5.33. The lowest BCUT2D eigenvalue weighted by Gasteiger charge is -2.16. The predicted molar refractivity (Wildman–Crippen MR) is 67.7 cm³/mol. The topological polar surface area (TPSA) is 84.1 Å². The van der Waals surface area contributed by atoms with Gasteiger partial charge in [-0.25, -0.2) is 9.78 Å². The monoisotopic (exact) mass is 421 g/mol. The number of esters is 1. The molecule has 0 fully saturated rings. The number of amides is 1. The second kappa shape index (κ2) is 6.57. The van der Waals surface area contributed by atoms with Gasteiger partial charge in [0.15, 0.2) is 4.73 Å². The summed E-state index contributed by atoms with van der Waals surface area (Å²) in [4.78, 5) is 28.9. The number of alkyl halides is 3. The minimum atomic E-state index is -5.09. The molecule has 0 saturated carbocycles. The summed E-state index contributed by atoms with van der Waals surface area (Å²) in [7, 11) is 1.01. The lowest BCUT2D eigenvalue weighted by molar-refractivity contribution is -0.175. The molecule has 20 heavy (non-hydrogen) atoms. The first-order chi connectivity index (χ1) is 9.15. The number of carbonyl (C=O) groups is 2. The molecule has 0 saturated heterocycles. The third-order valence-corrected chi connectivity index (χ3v) is 3.19. The molecule has 6 nitrogen and oxygen atoms in total. The number of halogens is 5. The van der Waals surface area contributed by atoms with Gasteiger partial charge < -0.3 is 15.0 Å². The van der Waals surface area contributed by atoms with Gasteiger partial charge in [-0.05, 0) is 31.9 Å². The third-order valence-electron chi connectivity index (χ3n) is 2.16. The summed E-state index contributed by atoms with van der Waals surface area (Å²) < 4.78 is 41.6. The highest BCUT2D eigenvalue weighted by atomic mass is 79.9. The second-order valence-electron chi connectivity index (χ2n) is 3.55. The molecule has 1 amide bonds. The molecule has 2 N–H and O–H groups in total. The van der Waals surface area contributed by atoms with Crippen LogP contribution in [-0.2, 0) is 20.7 Å². The number of imidazole rings is 1. The minimum absolute atomic E-state index is 0.242. The quantitative estimate of drug-likeness (QED) is 0.723. The molecule has 0 bridgehead atoms. The van der Waals surface area contributed by atoms with Crippen molar-refractivity contribution in [1.29, 1.82) is 0 Å². The van der Waals surface area contributed by atoms with Crippen molar-refractivity contribution < 1.29 is 27.5 Å². The van der Waals surface area contributed by atoms with E-state index in [4.69, 9.17) is 0 Å². The first-order valence-electron chi connectivity index (χ1n) is 5.00. The molecule has 0 radical (unpaired) electrons. The highest BCUT2D eigenvalue weighted by Crippen LogP contribution is 2.20. The van der Waals surface area contributed by atoms with Crippen molar-refractivity contribution in [3.63, 3.8) is 0 Å². The largest absolute Gasteiger partial charge is 0.471 e. The molecule has 0 aliphatic heterocycles. The number of aromatic nitrogens is 2. The van der Waals surface area contributed by atoms with E-state index in [2.05, 4.69) is 46.6 Å². The fraction of sp³-hybridized carbons (Fsp3) is 0.444. The van der Waals surface area contributed by atoms with Crippen LogP contribution in [-0.4, -0.2) is 41.2 Å². The molecule has 1 heterocycles. The van der Waals surface area contributed by atoms with Crippen LogP contribution in [0.25, 0.3) is 0 Å². The second-order valence-corrected chi connectivity index (χ2v) is 5.05. The average Bonchev–Trinajstić information content (AvgIpc) is 2.64. The maximum absolute atomic E-state index is 12.2. The van der Waals surface area contributed by atoms with E-state index in [1.165, 1.54) is 0 Å². The molecule has 0 aromatic carbocycles. The minimum Gasteiger partial charge on any atom is -0.467 e. The third kappa shape index (κ3) is 4.47. The zero-order valence-electron chi connectivity index (χ0n) is 9.85. The van der Waals surface area contributed by atoms with Crippen LogP contribution < -0.4 is 5.32 Å². The Morgan fingerprint density at radius 3 is 2.45 bits per heavy atom. The first kappa shape index (κ1) is 17.0. The highest BCUT2D eigenvalue weighted by Gasteiger charge is 2.41. The van der Waals surface area contributed by atoms with Crippen molar-refractivity contribution >= 4 is 43.7 Å². The summed E-state index contributed by atoms with van der Waals surface area (Å²) in [6, 6.07) is -1.49. The SMILES string of the molecule is COC(=O)C(Cc1[nH]c(Br)nc1Br)NC(=O)C(F)(F)F. The molecule has 0 spiro atoms. The van der Waals surface area contributed by atoms with Crippen molar-refractivity contribution in [3.05, 3.63) is 15.0 Å². The molecule has 0 aliphatic carbocycles. The molecular formula is C9H8Br2F3N3O3. The van der Waals surface area contributed by atoms with E-state index < -0.39 is 24.1 Å². The molecule has 1 aromatic rings. The smallest absolute Gasteiger partial charge is 0.467 e. The number of methoxy groups -OCH3 is 1. The van der Waals surface area contributed by atoms with Crippen molar-refractivity contribution in [2.45, 2.75) is 18.6 Å². The molecule has 0 aliphatic rings. The Bertz CT molecular complexity index is 518. The summed E-state index contributed by atoms with van der Waals surface area (Å²) in [5.41, 5.74) is 0.328. The molecule has 1 rings (SSSR count). The average molecular weight is 423 g/mol. The van der Waals surface area contributed by atoms with Gasteiger partial charge in [0.05, 0.1) is 12.8 Å². The summed E-state index contributed by atoms with van der Waals surface area (Å²) in [5, 5.41) is 1.57. The fourth-order valence-corrected chi connectivity index (χ4v) is 2.37. The van der Waals surface area contributed by atoms with Crippen molar-refractivity contribution in [2.24, 2.45) is 0 Å². The number of hydrogen-bond donors (Lipinski definition) is 2. The number of rotatable bonds is 4. The lowest BCUT2D eigenvalue weighted by Crippen LogP contribution is -2.48. The number of H-pyrrole nitrogens is 1. The maximum Gasteiger partial charge on any atom is 0.471 e. The van der Waals surface area contributed by atoms with E-state index in [9.17, 15) is 22.8 Å². The summed E-state index contributed by atoms with van der Waals surface area (Å²) in [6.45, 7) is 0. The number of nitrogens with one attached hydrogen (secondary N) is 2. The van der Waals surface area contributed by atoms with E-state index in [1.54, 1.807) is 5.32 Å². The Morgan fingerprint density at radius 2 is 2.05 bits per heavy atom. The van der Waals surface area contributed by atoms with Crippen LogP contribution in [0.4, 0.5) is 13.2 Å². The Morgan fingerprint density at radius 1 is 1.45 bits per heavy atom. The van der Waals surface area contributed by atoms with Crippen molar-refractivity contribution in [3.8, 4) is 0 Å². The van der Waals surface area contributed by atoms with Gasteiger partial charge in [0, 0.05) is 6.42 Å². The standard InChI is InChI=1S/C9H8Br2F3N3O3/c1-20-6(18)4(15-7(19)9(12,13)14)2-3-5(10)17-8(11)16-3/h4H,2H2,1H3,(H,15,19)(H,16,17). The molecule has 1 unspecified atom stereocenters. The lowest BCUT2D eigenvalue weighted by atomic mass is 10.1. The fourth-order valence-electron chi connectivity index (χ4n) is 1.27. The highest BCUT2D eigenvalue weighted by molar-refractivity contribution is 9.11. The number of carbonyl (C=O) groups excluding carboxylic acids is 2. The van der Waals surface area contributed by atoms with Crippen LogP contribution in [0.3, 0.4) is 0 Å². The van der Waals surface area contributed by atoms with Crippen molar-refractivity contribution in [1.82, 2.24) is 15.3 Å². The van der Waals surface area contributed by atoms with Gasteiger partial charge in [0.2, 0.25) is 0 Å². The number of hydrogen-bond acceptors (Lipinski definition) is 4. The van der Waals surface area contributed by atoms with Gasteiger partial charge in [-0.2, -0.15) is 13.2 Å². The van der Waals surface area contributed by atoms with Gasteiger partial charge in [0.25, 0.3) is 0 Å². The number of aromatic amines is 1. The van der Waals surface area contributed by atoms with Crippen LogP contribution in [0.15, 0.2) is 9.34 Å². The Kier molecular flexibility index (Phi) is 5.57. The Hall–Kier alpha value is -1.10. The van der Waals surface area contributed by atoms with E-state index in [0.717, 1.165) is 7.11 Å². The van der Waals surface area contributed by atoms with Crippen LogP contribution in [0, 0.1) is 0 Å². The maximum atomic E-state index is 12.2. The van der Waals surface area contributed by atoms with Crippen LogP contribution in [0.2, 0.25) is 0 Å². The van der Waals surface area contributed by atoms with Crippen LogP contribution >= 0.6 is 31.9 Å². The Labute approximate surface area is 127 Å². The van der Waals surface area contributed by atoms with E-state index >= 15 is 0 Å². The summed E-state index contributed by atoms with van der Waals surface area (Å²) in [5.74, 6) is -3.22. The van der Waals surface area contributed by atoms with Gasteiger partial charge in [-0.15, -0.1) is 0 Å². The van der Waals surface area contributed by atoms with E-state index in [-0.39, 0.29) is 6.42 Å². The zero-order chi connectivity index (χ0) is 15.5. The normalized spacial score (nSPS) is 12.9. The molecule has 112 valence electrons. The van der Waals surface area contributed by atoms with E-state index in [1.807, 2.05) is 0 Å². The molecule has 11 heteroatoms.